The number of hydrogen-bond acceptors (Lipinski definition) is 2. The Kier molecular flexibility index (Phi) is 3.09. The molecule has 0 radical (unpaired) electrons. The zero-order chi connectivity index (χ0) is 17.0. The van der Waals surface area contributed by atoms with Gasteiger partial charge in [-0.3, -0.25) is 4.99 Å². The second-order valence-corrected chi connectivity index (χ2v) is 6.37. The van der Waals surface area contributed by atoms with Crippen LogP contribution < -0.4 is 0 Å². The molecular formula is C20H12ClFN2O. The normalized spacial score (nSPS) is 13.3. The number of aliphatic imine (C=N–C) groups is 1. The van der Waals surface area contributed by atoms with E-state index >= 15 is 0 Å². The van der Waals surface area contributed by atoms with Gasteiger partial charge in [0.05, 0.1) is 28.7 Å². The SMILES string of the molecule is Fc1cccc2c1CN=C(c1ccc3occ(Cl)c3c1)c1cccn1-2. The molecule has 3 heterocycles. The number of benzene rings is 2. The summed E-state index contributed by atoms with van der Waals surface area (Å²) in [7, 11) is 0. The fraction of sp³-hybridized carbons (Fsp3) is 0.0500. The molecule has 5 heteroatoms. The van der Waals surface area contributed by atoms with Gasteiger partial charge in [-0.1, -0.05) is 17.7 Å². The standard InChI is InChI=1S/C20H12ClFN2O/c21-15-11-25-19-7-6-12(9-13(15)19)20-18-5-2-8-24(18)17-4-1-3-16(22)14(17)10-23-20/h1-9,11H,10H2. The lowest BCUT2D eigenvalue weighted by atomic mass is 10.1. The summed E-state index contributed by atoms with van der Waals surface area (Å²) in [5, 5.41) is 1.41. The van der Waals surface area contributed by atoms with Gasteiger partial charge in [-0.05, 0) is 42.5 Å². The van der Waals surface area contributed by atoms with Crippen molar-refractivity contribution in [3.8, 4) is 5.69 Å². The van der Waals surface area contributed by atoms with Crippen LogP contribution in [-0.2, 0) is 6.54 Å². The van der Waals surface area contributed by atoms with E-state index < -0.39 is 0 Å². The van der Waals surface area contributed by atoms with Crippen molar-refractivity contribution in [2.24, 2.45) is 4.99 Å². The van der Waals surface area contributed by atoms with Gasteiger partial charge in [-0.25, -0.2) is 4.39 Å². The fourth-order valence-electron chi connectivity index (χ4n) is 3.34. The van der Waals surface area contributed by atoms with Crippen molar-refractivity contribution in [3.05, 3.63) is 88.7 Å². The number of hydrogen-bond donors (Lipinski definition) is 0. The van der Waals surface area contributed by atoms with Crippen LogP contribution in [0.4, 0.5) is 4.39 Å². The molecule has 2 aromatic heterocycles. The Balaban J connectivity index is 1.74. The van der Waals surface area contributed by atoms with Crippen LogP contribution in [0.1, 0.15) is 16.8 Å². The predicted octanol–water partition coefficient (Wildman–Crippen LogP) is 5.37. The van der Waals surface area contributed by atoms with Crippen LogP contribution in [0.3, 0.4) is 0 Å². The molecule has 0 aliphatic carbocycles. The summed E-state index contributed by atoms with van der Waals surface area (Å²) in [6, 6.07) is 14.8. The van der Waals surface area contributed by atoms with Gasteiger partial charge in [-0.2, -0.15) is 0 Å². The molecule has 0 N–H and O–H groups in total. The van der Waals surface area contributed by atoms with Crippen molar-refractivity contribution in [1.82, 2.24) is 4.57 Å². The molecule has 0 fully saturated rings. The second kappa shape index (κ2) is 5.33. The number of halogens is 2. The predicted molar refractivity (Wildman–Crippen MR) is 96.3 cm³/mol. The lowest BCUT2D eigenvalue weighted by Crippen LogP contribution is -2.08. The molecule has 0 bridgehead atoms. The molecule has 0 unspecified atom stereocenters. The molecule has 0 amide bonds. The summed E-state index contributed by atoms with van der Waals surface area (Å²) in [5.41, 5.74) is 4.79. The molecule has 0 saturated heterocycles. The first-order chi connectivity index (χ1) is 12.2. The Morgan fingerprint density at radius 1 is 1.12 bits per heavy atom. The van der Waals surface area contributed by atoms with Crippen molar-refractivity contribution in [2.45, 2.75) is 6.54 Å². The molecule has 1 aliphatic heterocycles. The van der Waals surface area contributed by atoms with Crippen molar-refractivity contribution < 1.29 is 8.81 Å². The molecule has 1 aliphatic rings. The zero-order valence-electron chi connectivity index (χ0n) is 13.0. The Hall–Kier alpha value is -2.85. The van der Waals surface area contributed by atoms with E-state index in [1.165, 1.54) is 12.3 Å². The Bertz CT molecular complexity index is 1160. The summed E-state index contributed by atoms with van der Waals surface area (Å²) < 4.78 is 21.7. The van der Waals surface area contributed by atoms with E-state index in [0.29, 0.717) is 10.6 Å². The van der Waals surface area contributed by atoms with E-state index in [4.69, 9.17) is 21.0 Å². The number of nitrogens with zero attached hydrogens (tertiary/aromatic N) is 2. The molecule has 4 aromatic rings. The highest BCUT2D eigenvalue weighted by molar-refractivity contribution is 6.35. The summed E-state index contributed by atoms with van der Waals surface area (Å²) >= 11 is 6.20. The topological polar surface area (TPSA) is 30.4 Å². The first kappa shape index (κ1) is 14.5. The third-order valence-corrected chi connectivity index (χ3v) is 4.83. The molecule has 0 spiro atoms. The quantitative estimate of drug-likeness (QED) is 0.454. The summed E-state index contributed by atoms with van der Waals surface area (Å²) in [5.74, 6) is -0.240. The van der Waals surface area contributed by atoms with Gasteiger partial charge in [0.2, 0.25) is 0 Å². The second-order valence-electron chi connectivity index (χ2n) is 5.96. The van der Waals surface area contributed by atoms with E-state index in [9.17, 15) is 4.39 Å². The van der Waals surface area contributed by atoms with Gasteiger partial charge >= 0.3 is 0 Å². The highest BCUT2D eigenvalue weighted by Gasteiger charge is 2.20. The number of aromatic nitrogens is 1. The van der Waals surface area contributed by atoms with Crippen molar-refractivity contribution in [2.75, 3.05) is 0 Å². The molecule has 0 saturated carbocycles. The highest BCUT2D eigenvalue weighted by Crippen LogP contribution is 2.30. The largest absolute Gasteiger partial charge is 0.463 e. The molecule has 5 rings (SSSR count). The Morgan fingerprint density at radius 2 is 2.04 bits per heavy atom. The number of furan rings is 1. The van der Waals surface area contributed by atoms with Gasteiger partial charge < -0.3 is 8.98 Å². The van der Waals surface area contributed by atoms with Crippen LogP contribution in [0.15, 0.2) is 70.4 Å². The van der Waals surface area contributed by atoms with Crippen molar-refractivity contribution in [1.29, 1.82) is 0 Å². The van der Waals surface area contributed by atoms with Gasteiger partial charge in [0.25, 0.3) is 0 Å². The highest BCUT2D eigenvalue weighted by atomic mass is 35.5. The first-order valence-corrected chi connectivity index (χ1v) is 8.27. The molecular weight excluding hydrogens is 339 g/mol. The van der Waals surface area contributed by atoms with Crippen molar-refractivity contribution >= 4 is 28.3 Å². The van der Waals surface area contributed by atoms with Gasteiger partial charge in [-0.15, -0.1) is 0 Å². The summed E-state index contributed by atoms with van der Waals surface area (Å²) in [4.78, 5) is 4.71. The maximum absolute atomic E-state index is 14.3. The third-order valence-electron chi connectivity index (χ3n) is 4.54. The minimum absolute atomic E-state index is 0.240. The minimum atomic E-state index is -0.240. The molecule has 3 nitrogen and oxygen atoms in total. The Labute approximate surface area is 148 Å². The average Bonchev–Trinajstić information content (AvgIpc) is 3.20. The third kappa shape index (κ3) is 2.14. The summed E-state index contributed by atoms with van der Waals surface area (Å²) in [6.45, 7) is 0.288. The van der Waals surface area contributed by atoms with Crippen LogP contribution in [0.2, 0.25) is 5.02 Å². The molecule has 0 atom stereocenters. The van der Waals surface area contributed by atoms with E-state index in [-0.39, 0.29) is 12.4 Å². The van der Waals surface area contributed by atoms with Crippen LogP contribution in [0.25, 0.3) is 16.7 Å². The molecule has 122 valence electrons. The summed E-state index contributed by atoms with van der Waals surface area (Å²) in [6.07, 6.45) is 3.45. The van der Waals surface area contributed by atoms with E-state index in [2.05, 4.69) is 0 Å². The fourth-order valence-corrected chi connectivity index (χ4v) is 3.53. The van der Waals surface area contributed by atoms with Crippen LogP contribution in [-0.4, -0.2) is 10.3 Å². The molecule has 25 heavy (non-hydrogen) atoms. The van der Waals surface area contributed by atoms with Crippen LogP contribution >= 0.6 is 11.6 Å². The van der Waals surface area contributed by atoms with E-state index in [1.807, 2.05) is 47.2 Å². The Morgan fingerprint density at radius 3 is 2.96 bits per heavy atom. The maximum Gasteiger partial charge on any atom is 0.135 e. The first-order valence-electron chi connectivity index (χ1n) is 7.89. The van der Waals surface area contributed by atoms with Crippen LogP contribution in [0.5, 0.6) is 0 Å². The lowest BCUT2D eigenvalue weighted by Gasteiger charge is -2.11. The monoisotopic (exact) mass is 350 g/mol. The maximum atomic E-state index is 14.3. The van der Waals surface area contributed by atoms with Gasteiger partial charge in [0, 0.05) is 22.7 Å². The number of rotatable bonds is 1. The van der Waals surface area contributed by atoms with Crippen LogP contribution in [0, 0.1) is 5.82 Å². The van der Waals surface area contributed by atoms with Gasteiger partial charge in [0.1, 0.15) is 17.7 Å². The van der Waals surface area contributed by atoms with E-state index in [1.54, 1.807) is 6.07 Å². The van der Waals surface area contributed by atoms with E-state index in [0.717, 1.165) is 33.6 Å². The minimum Gasteiger partial charge on any atom is -0.463 e. The molecule has 2 aromatic carbocycles. The van der Waals surface area contributed by atoms with Crippen molar-refractivity contribution in [3.63, 3.8) is 0 Å². The average molecular weight is 351 g/mol. The smallest absolute Gasteiger partial charge is 0.135 e. The zero-order valence-corrected chi connectivity index (χ0v) is 13.8. The lowest BCUT2D eigenvalue weighted by molar-refractivity contribution is 0.609. The number of fused-ring (bicyclic) bond motifs is 4. The van der Waals surface area contributed by atoms with Gasteiger partial charge in [0.15, 0.2) is 0 Å².